The maximum absolute atomic E-state index is 11.4. The molecule has 0 aliphatic rings. The van der Waals surface area contributed by atoms with Crippen LogP contribution in [0.25, 0.3) is 5.57 Å². The number of ether oxygens (including phenoxy) is 1. The lowest BCUT2D eigenvalue weighted by molar-refractivity contribution is -0.135. The van der Waals surface area contributed by atoms with Gasteiger partial charge in [-0.25, -0.2) is 4.79 Å². The Morgan fingerprint density at radius 2 is 1.90 bits per heavy atom. The second-order valence-corrected chi connectivity index (χ2v) is 5.30. The average Bonchev–Trinajstić information content (AvgIpc) is 2.51. The highest BCUT2D eigenvalue weighted by Crippen LogP contribution is 2.30. The van der Waals surface area contributed by atoms with Gasteiger partial charge in [-0.2, -0.15) is 0 Å². The number of hydrogen-bond donors (Lipinski definition) is 1. The number of aliphatic carboxylic acids is 1. The van der Waals surface area contributed by atoms with Gasteiger partial charge in [0, 0.05) is 5.57 Å². The zero-order chi connectivity index (χ0) is 15.7. The maximum Gasteiger partial charge on any atom is 0.371 e. The van der Waals surface area contributed by atoms with Crippen molar-refractivity contribution in [1.82, 2.24) is 0 Å². The third-order valence-electron chi connectivity index (χ3n) is 3.83. The van der Waals surface area contributed by atoms with Crippen molar-refractivity contribution in [3.8, 4) is 0 Å². The van der Waals surface area contributed by atoms with E-state index in [4.69, 9.17) is 4.74 Å². The highest BCUT2D eigenvalue weighted by molar-refractivity contribution is 5.94. The summed E-state index contributed by atoms with van der Waals surface area (Å²) in [5.41, 5.74) is 1.74. The highest BCUT2D eigenvalue weighted by Gasteiger charge is 2.20. The first-order valence-electron chi connectivity index (χ1n) is 7.69. The lowest BCUT2D eigenvalue weighted by atomic mass is 9.88. The molecule has 0 heterocycles. The molecule has 0 aliphatic heterocycles. The van der Waals surface area contributed by atoms with Gasteiger partial charge in [0.1, 0.15) is 0 Å². The van der Waals surface area contributed by atoms with E-state index in [9.17, 15) is 9.90 Å². The lowest BCUT2D eigenvalue weighted by Crippen LogP contribution is -2.10. The molecule has 0 fully saturated rings. The van der Waals surface area contributed by atoms with Crippen LogP contribution in [0.1, 0.15) is 51.5 Å². The quantitative estimate of drug-likeness (QED) is 0.528. The normalized spacial score (nSPS) is 13.5. The number of unbranched alkanes of at least 4 members (excludes halogenated alkanes) is 1. The van der Waals surface area contributed by atoms with Gasteiger partial charge in [0.05, 0.1) is 7.11 Å². The third-order valence-corrected chi connectivity index (χ3v) is 3.83. The molecule has 1 unspecified atom stereocenters. The summed E-state index contributed by atoms with van der Waals surface area (Å²) in [5.74, 6) is -0.442. The van der Waals surface area contributed by atoms with Crippen molar-refractivity contribution in [2.45, 2.75) is 46.0 Å². The smallest absolute Gasteiger partial charge is 0.371 e. The molecular formula is C18H26O3. The number of benzene rings is 1. The van der Waals surface area contributed by atoms with Gasteiger partial charge < -0.3 is 9.84 Å². The predicted octanol–water partition coefficient (Wildman–Crippen LogP) is 4.74. The number of carboxylic acids is 1. The van der Waals surface area contributed by atoms with Gasteiger partial charge in [0.15, 0.2) is 0 Å². The Kier molecular flexibility index (Phi) is 7.59. The first-order valence-corrected chi connectivity index (χ1v) is 7.69. The minimum atomic E-state index is -0.998. The van der Waals surface area contributed by atoms with E-state index in [1.165, 1.54) is 13.5 Å². The molecule has 0 saturated carbocycles. The van der Waals surface area contributed by atoms with Gasteiger partial charge in [-0.05, 0) is 17.9 Å². The van der Waals surface area contributed by atoms with Crippen LogP contribution in [-0.4, -0.2) is 18.2 Å². The zero-order valence-corrected chi connectivity index (χ0v) is 13.3. The molecule has 1 atom stereocenters. The average molecular weight is 290 g/mol. The van der Waals surface area contributed by atoms with Crippen LogP contribution in [0.5, 0.6) is 0 Å². The fourth-order valence-electron chi connectivity index (χ4n) is 2.55. The van der Waals surface area contributed by atoms with Crippen LogP contribution in [-0.2, 0) is 9.53 Å². The Labute approximate surface area is 127 Å². The molecule has 3 heteroatoms. The molecule has 0 aromatic heterocycles. The maximum atomic E-state index is 11.4. The molecule has 3 nitrogen and oxygen atoms in total. The number of methoxy groups -OCH3 is 1. The predicted molar refractivity (Wildman–Crippen MR) is 85.9 cm³/mol. The molecule has 21 heavy (non-hydrogen) atoms. The molecule has 0 spiro atoms. The van der Waals surface area contributed by atoms with E-state index < -0.39 is 5.97 Å². The summed E-state index contributed by atoms with van der Waals surface area (Å²) in [6, 6.07) is 9.69. The van der Waals surface area contributed by atoms with Crippen molar-refractivity contribution < 1.29 is 14.6 Å². The number of hydrogen-bond acceptors (Lipinski definition) is 2. The Balaban J connectivity index is 3.11. The van der Waals surface area contributed by atoms with Crippen LogP contribution < -0.4 is 0 Å². The zero-order valence-electron chi connectivity index (χ0n) is 13.3. The van der Waals surface area contributed by atoms with E-state index in [1.807, 2.05) is 30.3 Å². The van der Waals surface area contributed by atoms with E-state index in [2.05, 4.69) is 13.8 Å². The fraction of sp³-hybridized carbons (Fsp3) is 0.500. The molecule has 1 aromatic rings. The molecule has 1 aromatic carbocycles. The largest absolute Gasteiger partial charge is 0.490 e. The van der Waals surface area contributed by atoms with Gasteiger partial charge in [-0.15, -0.1) is 0 Å². The first kappa shape index (κ1) is 17.3. The van der Waals surface area contributed by atoms with Gasteiger partial charge in [0.2, 0.25) is 5.76 Å². The van der Waals surface area contributed by atoms with Crippen molar-refractivity contribution >= 4 is 11.5 Å². The van der Waals surface area contributed by atoms with Crippen LogP contribution >= 0.6 is 0 Å². The molecule has 116 valence electrons. The fourth-order valence-corrected chi connectivity index (χ4v) is 2.55. The van der Waals surface area contributed by atoms with E-state index in [1.54, 1.807) is 0 Å². The van der Waals surface area contributed by atoms with E-state index in [-0.39, 0.29) is 5.76 Å². The summed E-state index contributed by atoms with van der Waals surface area (Å²) in [7, 11) is 1.43. The van der Waals surface area contributed by atoms with Crippen LogP contribution in [0.4, 0.5) is 0 Å². The van der Waals surface area contributed by atoms with Crippen molar-refractivity contribution in [2.24, 2.45) is 5.92 Å². The number of allylic oxidation sites excluding steroid dienone is 1. The first-order chi connectivity index (χ1) is 10.1. The van der Waals surface area contributed by atoms with Crippen molar-refractivity contribution in [3.05, 3.63) is 41.7 Å². The lowest BCUT2D eigenvalue weighted by Gasteiger charge is -2.19. The molecule has 0 amide bonds. The molecule has 0 saturated heterocycles. The number of rotatable bonds is 9. The Bertz CT molecular complexity index is 463. The standard InChI is InChI=1S/C18H26O3/c1-4-6-10-14(5-2)13-16(17(21-3)18(19)20)15-11-8-7-9-12-15/h7-9,11-12,14H,4-6,10,13H2,1-3H3,(H,19,20)/b17-16+. The van der Waals surface area contributed by atoms with Crippen molar-refractivity contribution in [3.63, 3.8) is 0 Å². The summed E-state index contributed by atoms with van der Waals surface area (Å²) in [6.45, 7) is 4.34. The Morgan fingerprint density at radius 1 is 1.24 bits per heavy atom. The van der Waals surface area contributed by atoms with Crippen LogP contribution in [0, 0.1) is 5.92 Å². The monoisotopic (exact) mass is 290 g/mol. The summed E-state index contributed by atoms with van der Waals surface area (Å²) in [6.07, 6.45) is 5.26. The Hall–Kier alpha value is -1.77. The van der Waals surface area contributed by atoms with Gasteiger partial charge in [-0.1, -0.05) is 69.9 Å². The van der Waals surface area contributed by atoms with E-state index >= 15 is 0 Å². The highest BCUT2D eigenvalue weighted by atomic mass is 16.5. The molecule has 1 N–H and O–H groups in total. The molecule has 0 radical (unpaired) electrons. The minimum absolute atomic E-state index is 0.0659. The topological polar surface area (TPSA) is 46.5 Å². The number of carbonyl (C=O) groups is 1. The van der Waals surface area contributed by atoms with Crippen molar-refractivity contribution in [1.29, 1.82) is 0 Å². The third kappa shape index (κ3) is 5.25. The molecular weight excluding hydrogens is 264 g/mol. The summed E-state index contributed by atoms with van der Waals surface area (Å²) in [4.78, 5) is 11.4. The van der Waals surface area contributed by atoms with E-state index in [0.717, 1.165) is 36.8 Å². The number of carboxylic acid groups (broad SMARTS) is 1. The Morgan fingerprint density at radius 3 is 2.38 bits per heavy atom. The SMILES string of the molecule is CCCCC(CC)C/C(=C(\OC)C(=O)O)c1ccccc1. The second kappa shape index (κ2) is 9.22. The molecule has 0 bridgehead atoms. The van der Waals surface area contributed by atoms with Gasteiger partial charge in [0.25, 0.3) is 0 Å². The molecule has 1 rings (SSSR count). The van der Waals surface area contributed by atoms with Crippen LogP contribution in [0.2, 0.25) is 0 Å². The molecule has 0 aliphatic carbocycles. The summed E-state index contributed by atoms with van der Waals surface area (Å²) >= 11 is 0. The minimum Gasteiger partial charge on any atom is -0.490 e. The van der Waals surface area contributed by atoms with Crippen molar-refractivity contribution in [2.75, 3.05) is 7.11 Å². The summed E-state index contributed by atoms with van der Waals surface area (Å²) < 4.78 is 5.16. The van der Waals surface area contributed by atoms with Gasteiger partial charge in [-0.3, -0.25) is 0 Å². The van der Waals surface area contributed by atoms with Crippen LogP contribution in [0.3, 0.4) is 0 Å². The van der Waals surface area contributed by atoms with Crippen LogP contribution in [0.15, 0.2) is 36.1 Å². The second-order valence-electron chi connectivity index (χ2n) is 5.30. The van der Waals surface area contributed by atoms with E-state index in [0.29, 0.717) is 5.92 Å². The van der Waals surface area contributed by atoms with Gasteiger partial charge >= 0.3 is 5.97 Å². The summed E-state index contributed by atoms with van der Waals surface area (Å²) in [5, 5.41) is 9.38.